The molecule has 12 rings (SSSR count). The van der Waals surface area contributed by atoms with Gasteiger partial charge in [0.2, 0.25) is 5.75 Å². The molecule has 0 bridgehead atoms. The molecular weight excluding hydrogens is 745 g/mol. The molecule has 8 heterocycles. The third-order valence-electron chi connectivity index (χ3n) is 16.9. The van der Waals surface area contributed by atoms with E-state index in [1.165, 1.54) is 26.9 Å². The van der Waals surface area contributed by atoms with Gasteiger partial charge in [0, 0.05) is 64.7 Å². The van der Waals surface area contributed by atoms with Crippen LogP contribution in [0, 0.1) is 10.8 Å². The maximum absolute atomic E-state index is 13.9. The number of phenols is 1. The lowest BCUT2D eigenvalue weighted by atomic mass is 9.51. The number of epoxide rings is 1. The summed E-state index contributed by atoms with van der Waals surface area (Å²) >= 11 is 0. The Balaban J connectivity index is 1.05. The number of hydrogen-bond donors (Lipinski definition) is 4. The highest BCUT2D eigenvalue weighted by atomic mass is 16.6. The molecule has 1 unspecified atom stereocenters. The Bertz CT molecular complexity index is 2350. The zero-order valence-electron chi connectivity index (χ0n) is 33.7. The summed E-state index contributed by atoms with van der Waals surface area (Å²) in [6.45, 7) is 6.76. The van der Waals surface area contributed by atoms with Gasteiger partial charge in [0.15, 0.2) is 11.5 Å². The summed E-state index contributed by atoms with van der Waals surface area (Å²) < 4.78 is 35.8. The molecule has 2 aromatic rings. The molecule has 5 fully saturated rings. The molecule has 58 heavy (non-hydrogen) atoms. The third kappa shape index (κ3) is 3.66. The van der Waals surface area contributed by atoms with Crippen LogP contribution in [0.25, 0.3) is 0 Å². The van der Waals surface area contributed by atoms with E-state index in [9.17, 15) is 19.8 Å². The fraction of sp³-hybridized carbons (Fsp3) is 0.591. The molecule has 0 amide bonds. The highest BCUT2D eigenvalue weighted by Crippen LogP contribution is 2.73. The monoisotopic (exact) mass is 794 g/mol. The van der Waals surface area contributed by atoms with Gasteiger partial charge in [-0.3, -0.25) is 9.80 Å². The van der Waals surface area contributed by atoms with Crippen molar-refractivity contribution in [1.82, 2.24) is 9.80 Å². The first-order chi connectivity index (χ1) is 28.0. The maximum atomic E-state index is 13.9. The Morgan fingerprint density at radius 1 is 0.862 bits per heavy atom. The molecule has 5 saturated heterocycles. The number of rotatable bonds is 6. The molecule has 0 radical (unpaired) electrons. The molecule has 10 aliphatic rings. The Morgan fingerprint density at radius 2 is 1.53 bits per heavy atom. The van der Waals surface area contributed by atoms with Crippen LogP contribution in [0.3, 0.4) is 0 Å². The SMILES string of the molecule is CC[C@@]12CC(C(=O)OC)=C3Nc4cc5c(cc4[C@@]34CCN(C[C@H]3O[C@H]31)C24)[C@@H]1[C@H](O5)[C@@H](O)[C@@]2(CC)CC(C(=O)OC)=C3Nc4c(cc(O)c(OC)c4OC)[C@@]34CCN1[C@H]24. The molecule has 2 spiro atoms. The van der Waals surface area contributed by atoms with Gasteiger partial charge in [0.1, 0.15) is 18.0 Å². The first-order valence-corrected chi connectivity index (χ1v) is 20.9. The summed E-state index contributed by atoms with van der Waals surface area (Å²) in [7, 11) is 5.89. The van der Waals surface area contributed by atoms with E-state index >= 15 is 0 Å². The quantitative estimate of drug-likeness (QED) is 0.189. The van der Waals surface area contributed by atoms with Gasteiger partial charge in [-0.05, 0) is 68.3 Å². The largest absolute Gasteiger partial charge is 0.504 e. The number of phenolic OH excluding ortho intramolecular Hbond substituents is 1. The number of aliphatic hydroxyl groups is 1. The number of esters is 2. The number of nitrogens with one attached hydrogen (secondary N) is 2. The van der Waals surface area contributed by atoms with Gasteiger partial charge >= 0.3 is 11.9 Å². The minimum Gasteiger partial charge on any atom is -0.504 e. The van der Waals surface area contributed by atoms with E-state index in [0.29, 0.717) is 54.1 Å². The number of carbonyl (C=O) groups excluding carboxylic acids is 2. The van der Waals surface area contributed by atoms with Crippen molar-refractivity contribution in [3.8, 4) is 23.0 Å². The molecule has 2 aliphatic carbocycles. The highest BCUT2D eigenvalue weighted by molar-refractivity contribution is 5.95. The minimum absolute atomic E-state index is 0.0607. The Morgan fingerprint density at radius 3 is 2.22 bits per heavy atom. The van der Waals surface area contributed by atoms with Crippen molar-refractivity contribution in [3.05, 3.63) is 57.4 Å². The predicted octanol–water partition coefficient (Wildman–Crippen LogP) is 4.00. The van der Waals surface area contributed by atoms with Crippen LogP contribution in [-0.4, -0.2) is 117 Å². The summed E-state index contributed by atoms with van der Waals surface area (Å²) in [4.78, 5) is 32.8. The summed E-state index contributed by atoms with van der Waals surface area (Å²) in [6, 6.07) is 5.72. The first-order valence-electron chi connectivity index (χ1n) is 20.9. The van der Waals surface area contributed by atoms with E-state index < -0.39 is 34.4 Å². The van der Waals surface area contributed by atoms with Crippen molar-refractivity contribution in [1.29, 1.82) is 0 Å². The number of anilines is 2. The molecule has 2 aromatic carbocycles. The lowest BCUT2D eigenvalue weighted by Crippen LogP contribution is -2.69. The van der Waals surface area contributed by atoms with Crippen molar-refractivity contribution in [2.24, 2.45) is 10.8 Å². The zero-order chi connectivity index (χ0) is 40.0. The van der Waals surface area contributed by atoms with Gasteiger partial charge in [0.25, 0.3) is 0 Å². The molecule has 11 atom stereocenters. The number of piperidine rings is 2. The number of fused-ring (bicyclic) bond motifs is 8. The number of methoxy groups -OCH3 is 4. The van der Waals surface area contributed by atoms with E-state index in [0.717, 1.165) is 54.1 Å². The van der Waals surface area contributed by atoms with E-state index in [-0.39, 0.29) is 59.6 Å². The number of hydrogen-bond acceptors (Lipinski definition) is 14. The van der Waals surface area contributed by atoms with E-state index in [4.69, 9.17) is 28.4 Å². The lowest BCUT2D eigenvalue weighted by Gasteiger charge is -2.60. The van der Waals surface area contributed by atoms with Crippen molar-refractivity contribution in [2.45, 2.75) is 106 Å². The van der Waals surface area contributed by atoms with Crippen LogP contribution in [-0.2, 0) is 34.6 Å². The van der Waals surface area contributed by atoms with Crippen LogP contribution in [0.4, 0.5) is 11.4 Å². The van der Waals surface area contributed by atoms with Gasteiger partial charge < -0.3 is 49.3 Å². The average molecular weight is 795 g/mol. The Labute approximate surface area is 336 Å². The number of aliphatic hydroxyl groups excluding tert-OH is 1. The second-order valence-corrected chi connectivity index (χ2v) is 18.3. The lowest BCUT2D eigenvalue weighted by molar-refractivity contribution is -0.168. The number of aromatic hydroxyl groups is 1. The molecule has 14 nitrogen and oxygen atoms in total. The third-order valence-corrected chi connectivity index (χ3v) is 16.9. The molecule has 306 valence electrons. The van der Waals surface area contributed by atoms with E-state index in [1.54, 1.807) is 13.2 Å². The maximum Gasteiger partial charge on any atom is 0.335 e. The molecule has 4 N–H and O–H groups in total. The Kier molecular flexibility index (Phi) is 6.84. The van der Waals surface area contributed by atoms with Crippen LogP contribution in [0.5, 0.6) is 23.0 Å². The van der Waals surface area contributed by atoms with Gasteiger partial charge in [-0.1, -0.05) is 13.8 Å². The van der Waals surface area contributed by atoms with Gasteiger partial charge in [-0.15, -0.1) is 0 Å². The normalized spacial score (nSPS) is 40.0. The van der Waals surface area contributed by atoms with Crippen molar-refractivity contribution < 1.29 is 48.2 Å². The summed E-state index contributed by atoms with van der Waals surface area (Å²) in [5.74, 6) is 0.458. The molecule has 8 aliphatic heterocycles. The van der Waals surface area contributed by atoms with Crippen molar-refractivity contribution in [2.75, 3.05) is 58.7 Å². The zero-order valence-corrected chi connectivity index (χ0v) is 33.7. The number of benzene rings is 2. The van der Waals surface area contributed by atoms with Crippen LogP contribution in [0.2, 0.25) is 0 Å². The van der Waals surface area contributed by atoms with Gasteiger partial charge in [-0.25, -0.2) is 9.59 Å². The van der Waals surface area contributed by atoms with Crippen molar-refractivity contribution in [3.63, 3.8) is 0 Å². The number of ether oxygens (including phenoxy) is 6. The molecule has 0 aromatic heterocycles. The van der Waals surface area contributed by atoms with Crippen molar-refractivity contribution >= 4 is 23.3 Å². The van der Waals surface area contributed by atoms with Crippen LogP contribution in [0.15, 0.2) is 40.7 Å². The molecular formula is C44H50N4O10. The fourth-order valence-electron chi connectivity index (χ4n) is 14.9. The summed E-state index contributed by atoms with van der Waals surface area (Å²) in [6.07, 6.45) is 2.52. The minimum atomic E-state index is -0.959. The second-order valence-electron chi connectivity index (χ2n) is 18.3. The topological polar surface area (TPSA) is 164 Å². The fourth-order valence-corrected chi connectivity index (χ4v) is 14.9. The predicted molar refractivity (Wildman–Crippen MR) is 208 cm³/mol. The van der Waals surface area contributed by atoms with Gasteiger partial charge in [0.05, 0.1) is 74.4 Å². The molecule has 14 heteroatoms. The van der Waals surface area contributed by atoms with Gasteiger partial charge in [-0.2, -0.15) is 0 Å². The highest BCUT2D eigenvalue weighted by Gasteiger charge is 2.76. The summed E-state index contributed by atoms with van der Waals surface area (Å²) in [5, 5.41) is 31.8. The number of carbonyl (C=O) groups is 2. The van der Waals surface area contributed by atoms with Crippen LogP contribution >= 0.6 is 0 Å². The van der Waals surface area contributed by atoms with Crippen LogP contribution in [0.1, 0.15) is 75.1 Å². The number of nitrogens with zero attached hydrogens (tertiary/aromatic N) is 2. The standard InChI is InChI=1S/C44H50N4O10/c1-7-41-16-20(37(51)55-5)34-44(23-14-25(49)30(53-3)31(54-4)28(23)46-34)10-12-48(40(41)44)29-19-13-22-24(15-26(19)57-32(29)35(41)50)45-33-21(38(52)56-6)17-42(8-2)36-27(58-36)18-47-11-9-43(22,33)39(42)47/h13-15,27,29,32,35-36,39-40,45-46,49-50H,7-12,16-18H2,1-6H3/t27-,29-,32+,35-,36-,39?,40-,41-,42-,43+,44+/m1/s1. The van der Waals surface area contributed by atoms with E-state index in [2.05, 4.69) is 46.4 Å². The smallest absolute Gasteiger partial charge is 0.335 e. The van der Waals surface area contributed by atoms with E-state index in [1.807, 2.05) is 0 Å². The molecule has 0 saturated carbocycles. The first kappa shape index (κ1) is 35.4. The Hall–Kier alpha value is -4.50. The second kappa shape index (κ2) is 11.2. The summed E-state index contributed by atoms with van der Waals surface area (Å²) in [5.41, 5.74) is 5.09. The average Bonchev–Trinajstić information content (AvgIpc) is 3.57. The van der Waals surface area contributed by atoms with Crippen LogP contribution < -0.4 is 24.8 Å².